The number of hydrogen-bond donors (Lipinski definition) is 2. The summed E-state index contributed by atoms with van der Waals surface area (Å²) < 4.78 is 6.77. The molecule has 19 heavy (non-hydrogen) atoms. The number of hydrogen-bond acceptors (Lipinski definition) is 2. The number of nitrogen functional groups attached to an aromatic ring is 1. The van der Waals surface area contributed by atoms with Gasteiger partial charge in [-0.25, -0.2) is 0 Å². The highest BCUT2D eigenvalue weighted by atomic mass is 79.9. The van der Waals surface area contributed by atoms with Gasteiger partial charge in [0.25, 0.3) is 0 Å². The Balaban J connectivity index is 1.86. The first-order valence-electron chi connectivity index (χ1n) is 5.97. The highest BCUT2D eigenvalue weighted by Crippen LogP contribution is 2.26. The number of H-pyrrole nitrogens is 1. The average molecular weight is 317 g/mol. The molecule has 0 spiro atoms. The number of aromatic amines is 1. The Labute approximate surface area is 119 Å². The largest absolute Gasteiger partial charge is 0.488 e. The molecule has 0 atom stereocenters. The van der Waals surface area contributed by atoms with Crippen LogP contribution >= 0.6 is 15.9 Å². The van der Waals surface area contributed by atoms with Gasteiger partial charge in [-0.15, -0.1) is 0 Å². The Bertz CT molecular complexity index is 721. The summed E-state index contributed by atoms with van der Waals surface area (Å²) in [7, 11) is 0. The molecule has 3 nitrogen and oxygen atoms in total. The fourth-order valence-corrected chi connectivity index (χ4v) is 2.43. The third kappa shape index (κ3) is 2.44. The minimum absolute atomic E-state index is 0.506. The smallest absolute Gasteiger partial charge is 0.133 e. The molecule has 3 rings (SSSR count). The molecule has 0 saturated heterocycles. The van der Waals surface area contributed by atoms with Crippen LogP contribution in [0.1, 0.15) is 5.56 Å². The zero-order valence-electron chi connectivity index (χ0n) is 10.2. The number of fused-ring (bicyclic) bond motifs is 1. The minimum atomic E-state index is 0.506. The molecule has 0 saturated carbocycles. The number of halogens is 1. The van der Waals surface area contributed by atoms with E-state index in [9.17, 15) is 0 Å². The number of aromatic nitrogens is 1. The maximum Gasteiger partial charge on any atom is 0.133 e. The third-order valence-electron chi connectivity index (χ3n) is 3.01. The van der Waals surface area contributed by atoms with Gasteiger partial charge in [-0.2, -0.15) is 0 Å². The van der Waals surface area contributed by atoms with Crippen LogP contribution in [0, 0.1) is 0 Å². The number of ether oxygens (including phenoxy) is 1. The van der Waals surface area contributed by atoms with E-state index in [1.807, 2.05) is 48.7 Å². The molecule has 0 fully saturated rings. The van der Waals surface area contributed by atoms with E-state index in [0.29, 0.717) is 6.61 Å². The van der Waals surface area contributed by atoms with Crippen molar-refractivity contribution in [3.63, 3.8) is 0 Å². The third-order valence-corrected chi connectivity index (χ3v) is 3.67. The minimum Gasteiger partial charge on any atom is -0.488 e. The number of rotatable bonds is 3. The summed E-state index contributed by atoms with van der Waals surface area (Å²) >= 11 is 3.47. The van der Waals surface area contributed by atoms with E-state index in [4.69, 9.17) is 10.5 Å². The van der Waals surface area contributed by atoms with Crippen LogP contribution < -0.4 is 10.5 Å². The fraction of sp³-hybridized carbons (Fsp3) is 0.0667. The first kappa shape index (κ1) is 12.1. The normalized spacial score (nSPS) is 10.8. The molecule has 3 aromatic rings. The maximum atomic E-state index is 5.82. The summed E-state index contributed by atoms with van der Waals surface area (Å²) in [5, 5.41) is 1.10. The summed E-state index contributed by atoms with van der Waals surface area (Å²) in [4.78, 5) is 3.22. The Hall–Kier alpha value is -1.94. The van der Waals surface area contributed by atoms with E-state index >= 15 is 0 Å². The first-order chi connectivity index (χ1) is 9.24. The van der Waals surface area contributed by atoms with Gasteiger partial charge in [-0.1, -0.05) is 12.1 Å². The van der Waals surface area contributed by atoms with Crippen LogP contribution in [0.5, 0.6) is 5.75 Å². The van der Waals surface area contributed by atoms with Crippen molar-refractivity contribution in [2.75, 3.05) is 5.73 Å². The van der Waals surface area contributed by atoms with E-state index in [2.05, 4.69) is 20.9 Å². The van der Waals surface area contributed by atoms with Crippen LogP contribution in [0.2, 0.25) is 0 Å². The summed E-state index contributed by atoms with van der Waals surface area (Å²) in [5.41, 5.74) is 8.74. The van der Waals surface area contributed by atoms with E-state index in [0.717, 1.165) is 32.4 Å². The Morgan fingerprint density at radius 3 is 2.84 bits per heavy atom. The molecule has 4 heteroatoms. The van der Waals surface area contributed by atoms with Gasteiger partial charge in [-0.3, -0.25) is 0 Å². The molecule has 0 aliphatic heterocycles. The van der Waals surface area contributed by atoms with Gasteiger partial charge < -0.3 is 15.5 Å². The lowest BCUT2D eigenvalue weighted by molar-refractivity contribution is 0.305. The lowest BCUT2D eigenvalue weighted by Crippen LogP contribution is -1.95. The zero-order chi connectivity index (χ0) is 13.2. The number of anilines is 1. The second-order valence-corrected chi connectivity index (χ2v) is 5.19. The molecule has 0 amide bonds. The summed E-state index contributed by atoms with van der Waals surface area (Å²) in [5.74, 6) is 0.834. The lowest BCUT2D eigenvalue weighted by Gasteiger charge is -2.07. The summed E-state index contributed by atoms with van der Waals surface area (Å²) in [6.07, 6.45) is 1.96. The monoisotopic (exact) mass is 316 g/mol. The zero-order valence-corrected chi connectivity index (χ0v) is 11.8. The topological polar surface area (TPSA) is 51.0 Å². The van der Waals surface area contributed by atoms with Crippen molar-refractivity contribution in [3.05, 3.63) is 58.7 Å². The molecule has 0 unspecified atom stereocenters. The van der Waals surface area contributed by atoms with Gasteiger partial charge in [0.1, 0.15) is 12.4 Å². The molecule has 0 aliphatic carbocycles. The van der Waals surface area contributed by atoms with Gasteiger partial charge in [-0.05, 0) is 46.3 Å². The molecular formula is C15H13BrN2O. The highest BCUT2D eigenvalue weighted by Gasteiger charge is 2.06. The van der Waals surface area contributed by atoms with Crippen molar-refractivity contribution in [1.29, 1.82) is 0 Å². The Morgan fingerprint density at radius 1 is 1.16 bits per heavy atom. The number of benzene rings is 2. The number of nitrogens with one attached hydrogen (secondary N) is 1. The molecule has 3 N–H and O–H groups in total. The molecule has 1 aromatic heterocycles. The van der Waals surface area contributed by atoms with Crippen molar-refractivity contribution in [2.24, 2.45) is 0 Å². The fourth-order valence-electron chi connectivity index (χ4n) is 2.03. The van der Waals surface area contributed by atoms with Crippen molar-refractivity contribution in [1.82, 2.24) is 4.98 Å². The van der Waals surface area contributed by atoms with Gasteiger partial charge in [0.15, 0.2) is 0 Å². The van der Waals surface area contributed by atoms with Crippen LogP contribution in [-0.2, 0) is 6.61 Å². The van der Waals surface area contributed by atoms with Gasteiger partial charge >= 0.3 is 0 Å². The molecule has 96 valence electrons. The summed E-state index contributed by atoms with van der Waals surface area (Å²) in [6.45, 7) is 0.506. The van der Waals surface area contributed by atoms with Gasteiger partial charge in [0, 0.05) is 28.4 Å². The maximum absolute atomic E-state index is 5.82. The van der Waals surface area contributed by atoms with Gasteiger partial charge in [0.05, 0.1) is 4.47 Å². The van der Waals surface area contributed by atoms with Gasteiger partial charge in [0.2, 0.25) is 0 Å². The number of nitrogens with two attached hydrogens (primary N) is 1. The van der Waals surface area contributed by atoms with E-state index in [1.54, 1.807) is 0 Å². The quantitative estimate of drug-likeness (QED) is 0.715. The number of para-hydroxylation sites is 1. The average Bonchev–Trinajstić information content (AvgIpc) is 2.80. The van der Waals surface area contributed by atoms with Crippen LogP contribution in [-0.4, -0.2) is 4.98 Å². The molecule has 0 radical (unpaired) electrons. The van der Waals surface area contributed by atoms with Crippen molar-refractivity contribution in [3.8, 4) is 5.75 Å². The molecule has 0 bridgehead atoms. The molecule has 0 aliphatic rings. The first-order valence-corrected chi connectivity index (χ1v) is 6.76. The second-order valence-electron chi connectivity index (χ2n) is 4.34. The highest BCUT2D eigenvalue weighted by molar-refractivity contribution is 9.10. The van der Waals surface area contributed by atoms with Crippen LogP contribution in [0.15, 0.2) is 53.1 Å². The van der Waals surface area contributed by atoms with Crippen LogP contribution in [0.25, 0.3) is 10.9 Å². The van der Waals surface area contributed by atoms with Crippen molar-refractivity contribution in [2.45, 2.75) is 6.61 Å². The Morgan fingerprint density at radius 2 is 2.00 bits per heavy atom. The van der Waals surface area contributed by atoms with Crippen molar-refractivity contribution < 1.29 is 4.74 Å². The SMILES string of the molecule is Nc1ccc2[nH]cc(COc3ccccc3Br)c2c1. The van der Waals surface area contributed by atoms with E-state index in [-0.39, 0.29) is 0 Å². The molecular weight excluding hydrogens is 304 g/mol. The Kier molecular flexibility index (Phi) is 3.17. The second kappa shape index (κ2) is 4.97. The van der Waals surface area contributed by atoms with E-state index in [1.165, 1.54) is 0 Å². The standard InChI is InChI=1S/C15H13BrN2O/c16-13-3-1-2-4-15(13)19-9-10-8-18-14-6-5-11(17)7-12(10)14/h1-8,18H,9,17H2. The van der Waals surface area contributed by atoms with Crippen molar-refractivity contribution >= 4 is 32.5 Å². The molecule has 2 aromatic carbocycles. The predicted molar refractivity (Wildman–Crippen MR) is 81.2 cm³/mol. The lowest BCUT2D eigenvalue weighted by atomic mass is 10.1. The summed E-state index contributed by atoms with van der Waals surface area (Å²) in [6, 6.07) is 13.6. The van der Waals surface area contributed by atoms with E-state index < -0.39 is 0 Å². The van der Waals surface area contributed by atoms with Crippen LogP contribution in [0.4, 0.5) is 5.69 Å². The predicted octanol–water partition coefficient (Wildman–Crippen LogP) is 4.09. The van der Waals surface area contributed by atoms with Crippen LogP contribution in [0.3, 0.4) is 0 Å². The molecule has 1 heterocycles.